The lowest BCUT2D eigenvalue weighted by molar-refractivity contribution is 0.0937. The molecule has 2 aromatic rings. The number of rotatable bonds is 3. The third-order valence-corrected chi connectivity index (χ3v) is 3.91. The highest BCUT2D eigenvalue weighted by Gasteiger charge is 2.20. The van der Waals surface area contributed by atoms with Crippen molar-refractivity contribution in [2.75, 3.05) is 0 Å². The van der Waals surface area contributed by atoms with Gasteiger partial charge in [0.1, 0.15) is 5.82 Å². The molecule has 1 unspecified atom stereocenters. The van der Waals surface area contributed by atoms with Crippen molar-refractivity contribution in [3.8, 4) is 0 Å². The fourth-order valence-electron chi connectivity index (χ4n) is 2.76. The predicted octanol–water partition coefficient (Wildman–Crippen LogP) is 2.50. The number of nitrogens with zero attached hydrogens (tertiary/aromatic N) is 3. The summed E-state index contributed by atoms with van der Waals surface area (Å²) in [6.45, 7) is 2.91. The van der Waals surface area contributed by atoms with Gasteiger partial charge in [-0.15, -0.1) is 10.2 Å². The van der Waals surface area contributed by atoms with Crippen LogP contribution in [-0.2, 0) is 13.0 Å². The second-order valence-corrected chi connectivity index (χ2v) is 5.50. The first kappa shape index (κ1) is 13.8. The molecular weight excluding hydrogens is 264 g/mol. The molecule has 1 aromatic heterocycles. The van der Waals surface area contributed by atoms with Crippen LogP contribution in [0, 0.1) is 0 Å². The molecule has 1 N–H and O–H groups in total. The van der Waals surface area contributed by atoms with Crippen molar-refractivity contribution >= 4 is 5.91 Å². The van der Waals surface area contributed by atoms with Crippen molar-refractivity contribution in [1.29, 1.82) is 0 Å². The first-order valence-corrected chi connectivity index (χ1v) is 7.53. The number of benzene rings is 1. The van der Waals surface area contributed by atoms with E-state index in [0.717, 1.165) is 31.0 Å². The molecule has 0 fully saturated rings. The van der Waals surface area contributed by atoms with Gasteiger partial charge in [-0.25, -0.2) is 0 Å². The van der Waals surface area contributed by atoms with Gasteiger partial charge in [0, 0.05) is 18.5 Å². The summed E-state index contributed by atoms with van der Waals surface area (Å²) in [5.74, 6) is 1.83. The Kier molecular flexibility index (Phi) is 3.99. The molecular formula is C16H20N4O. The number of carbonyl (C=O) groups excluding carboxylic acids is 1. The van der Waals surface area contributed by atoms with Gasteiger partial charge in [-0.3, -0.25) is 4.79 Å². The maximum atomic E-state index is 12.2. The van der Waals surface area contributed by atoms with E-state index in [2.05, 4.69) is 20.1 Å². The normalized spacial score (nSPS) is 15.9. The van der Waals surface area contributed by atoms with Gasteiger partial charge in [0.25, 0.3) is 5.91 Å². The van der Waals surface area contributed by atoms with Gasteiger partial charge in [0.15, 0.2) is 5.82 Å². The Hall–Kier alpha value is -2.17. The fraction of sp³-hybridized carbons (Fsp3) is 0.438. The molecule has 0 bridgehead atoms. The van der Waals surface area contributed by atoms with Crippen LogP contribution in [-0.4, -0.2) is 20.7 Å². The SMILES string of the molecule is CC(NC(=O)c1ccccc1)c1nnc2n1CCCCC2. The largest absolute Gasteiger partial charge is 0.342 e. The van der Waals surface area contributed by atoms with E-state index in [0.29, 0.717) is 5.56 Å². The Morgan fingerprint density at radius 2 is 2.00 bits per heavy atom. The molecule has 0 radical (unpaired) electrons. The molecule has 2 heterocycles. The lowest BCUT2D eigenvalue weighted by Crippen LogP contribution is -2.28. The van der Waals surface area contributed by atoms with Crippen molar-refractivity contribution in [3.63, 3.8) is 0 Å². The number of aryl methyl sites for hydroxylation is 1. The average Bonchev–Trinajstić information content (AvgIpc) is 2.77. The Morgan fingerprint density at radius 1 is 1.19 bits per heavy atom. The second kappa shape index (κ2) is 6.08. The number of nitrogens with one attached hydrogen (secondary N) is 1. The van der Waals surface area contributed by atoms with E-state index in [1.165, 1.54) is 12.8 Å². The van der Waals surface area contributed by atoms with E-state index in [1.54, 1.807) is 0 Å². The zero-order valence-corrected chi connectivity index (χ0v) is 12.2. The molecule has 5 nitrogen and oxygen atoms in total. The summed E-state index contributed by atoms with van der Waals surface area (Å²) in [5.41, 5.74) is 0.667. The van der Waals surface area contributed by atoms with Gasteiger partial charge in [-0.2, -0.15) is 0 Å². The first-order chi connectivity index (χ1) is 10.3. The van der Waals surface area contributed by atoms with Crippen LogP contribution >= 0.6 is 0 Å². The number of carbonyl (C=O) groups is 1. The average molecular weight is 284 g/mol. The molecule has 110 valence electrons. The highest BCUT2D eigenvalue weighted by Crippen LogP contribution is 2.18. The van der Waals surface area contributed by atoms with Crippen molar-refractivity contribution in [2.45, 2.75) is 45.2 Å². The number of aromatic nitrogens is 3. The van der Waals surface area contributed by atoms with Gasteiger partial charge in [-0.1, -0.05) is 24.6 Å². The summed E-state index contributed by atoms with van der Waals surface area (Å²) in [4.78, 5) is 12.2. The van der Waals surface area contributed by atoms with Crippen LogP contribution in [0.3, 0.4) is 0 Å². The molecule has 3 rings (SSSR count). The van der Waals surface area contributed by atoms with Crippen molar-refractivity contribution in [3.05, 3.63) is 47.5 Å². The third kappa shape index (κ3) is 2.96. The second-order valence-electron chi connectivity index (χ2n) is 5.50. The summed E-state index contributed by atoms with van der Waals surface area (Å²) in [6, 6.07) is 9.11. The number of fused-ring (bicyclic) bond motifs is 1. The van der Waals surface area contributed by atoms with E-state index < -0.39 is 0 Å². The van der Waals surface area contributed by atoms with Crippen LogP contribution in [0.1, 0.15) is 54.2 Å². The van der Waals surface area contributed by atoms with Crippen molar-refractivity contribution < 1.29 is 4.79 Å². The standard InChI is InChI=1S/C16H20N4O/c1-12(17-16(21)13-8-4-2-5-9-13)15-19-18-14-10-6-3-7-11-20(14)15/h2,4-5,8-9,12H,3,6-7,10-11H2,1H3,(H,17,21). The van der Waals surface area contributed by atoms with E-state index in [4.69, 9.17) is 0 Å². The lowest BCUT2D eigenvalue weighted by Gasteiger charge is -2.15. The van der Waals surface area contributed by atoms with Gasteiger partial charge < -0.3 is 9.88 Å². The van der Waals surface area contributed by atoms with Crippen molar-refractivity contribution in [2.24, 2.45) is 0 Å². The zero-order chi connectivity index (χ0) is 14.7. The lowest BCUT2D eigenvalue weighted by atomic mass is 10.2. The Labute approximate surface area is 124 Å². The number of amides is 1. The smallest absolute Gasteiger partial charge is 0.251 e. The van der Waals surface area contributed by atoms with E-state index in [-0.39, 0.29) is 11.9 Å². The van der Waals surface area contributed by atoms with E-state index in [1.807, 2.05) is 37.3 Å². The van der Waals surface area contributed by atoms with Gasteiger partial charge in [0.05, 0.1) is 6.04 Å². The molecule has 1 aromatic carbocycles. The molecule has 1 amide bonds. The Morgan fingerprint density at radius 3 is 2.81 bits per heavy atom. The molecule has 21 heavy (non-hydrogen) atoms. The maximum absolute atomic E-state index is 12.2. The quantitative estimate of drug-likeness (QED) is 0.942. The topological polar surface area (TPSA) is 59.8 Å². The van der Waals surface area contributed by atoms with Gasteiger partial charge in [0.2, 0.25) is 0 Å². The molecule has 0 aliphatic carbocycles. The Bertz CT molecular complexity index is 620. The molecule has 1 aliphatic rings. The zero-order valence-electron chi connectivity index (χ0n) is 12.2. The minimum Gasteiger partial charge on any atom is -0.342 e. The summed E-state index contributed by atoms with van der Waals surface area (Å²) < 4.78 is 2.17. The minimum absolute atomic E-state index is 0.0749. The molecule has 0 saturated heterocycles. The highest BCUT2D eigenvalue weighted by atomic mass is 16.1. The summed E-state index contributed by atoms with van der Waals surface area (Å²) in [5, 5.41) is 11.6. The van der Waals surface area contributed by atoms with Crippen LogP contribution in [0.5, 0.6) is 0 Å². The van der Waals surface area contributed by atoms with Crippen LogP contribution in [0.4, 0.5) is 0 Å². The molecule has 0 saturated carbocycles. The van der Waals surface area contributed by atoms with Crippen LogP contribution < -0.4 is 5.32 Å². The minimum atomic E-state index is -0.142. The van der Waals surface area contributed by atoms with Crippen molar-refractivity contribution in [1.82, 2.24) is 20.1 Å². The van der Waals surface area contributed by atoms with Crippen LogP contribution in [0.2, 0.25) is 0 Å². The van der Waals surface area contributed by atoms with Crippen LogP contribution in [0.15, 0.2) is 30.3 Å². The molecule has 1 aliphatic heterocycles. The highest BCUT2D eigenvalue weighted by molar-refractivity contribution is 5.94. The van der Waals surface area contributed by atoms with E-state index >= 15 is 0 Å². The number of hydrogen-bond acceptors (Lipinski definition) is 3. The van der Waals surface area contributed by atoms with Gasteiger partial charge in [-0.05, 0) is 31.9 Å². The summed E-state index contributed by atoms with van der Waals surface area (Å²) in [7, 11) is 0. The van der Waals surface area contributed by atoms with Crippen LogP contribution in [0.25, 0.3) is 0 Å². The number of hydrogen-bond donors (Lipinski definition) is 1. The van der Waals surface area contributed by atoms with Gasteiger partial charge >= 0.3 is 0 Å². The third-order valence-electron chi connectivity index (χ3n) is 3.91. The molecule has 1 atom stereocenters. The van der Waals surface area contributed by atoms with E-state index in [9.17, 15) is 4.79 Å². The maximum Gasteiger partial charge on any atom is 0.251 e. The monoisotopic (exact) mass is 284 g/mol. The molecule has 5 heteroatoms. The summed E-state index contributed by atoms with van der Waals surface area (Å²) in [6.07, 6.45) is 4.53. The summed E-state index contributed by atoms with van der Waals surface area (Å²) >= 11 is 0. The molecule has 0 spiro atoms. The fourth-order valence-corrected chi connectivity index (χ4v) is 2.76. The predicted molar refractivity (Wildman–Crippen MR) is 79.9 cm³/mol. The Balaban J connectivity index is 1.75. The first-order valence-electron chi connectivity index (χ1n) is 7.53.